The van der Waals surface area contributed by atoms with E-state index in [0.717, 1.165) is 10.4 Å². The van der Waals surface area contributed by atoms with Gasteiger partial charge in [-0.15, -0.1) is 11.3 Å². The van der Waals surface area contributed by atoms with E-state index in [-0.39, 0.29) is 23.8 Å². The van der Waals surface area contributed by atoms with Gasteiger partial charge in [-0.2, -0.15) is 0 Å². The van der Waals surface area contributed by atoms with E-state index in [9.17, 15) is 9.18 Å². The maximum atomic E-state index is 14.0. The lowest BCUT2D eigenvalue weighted by Crippen LogP contribution is -2.14. The molecule has 0 aromatic carbocycles. The van der Waals surface area contributed by atoms with E-state index in [0.29, 0.717) is 9.85 Å². The molecule has 114 valence electrons. The number of carbonyl (C=O) groups is 1. The molecule has 3 heterocycles. The van der Waals surface area contributed by atoms with Gasteiger partial charge in [0.1, 0.15) is 5.52 Å². The molecule has 3 aromatic heterocycles. The van der Waals surface area contributed by atoms with Crippen molar-refractivity contribution in [1.82, 2.24) is 9.55 Å². The molecule has 3 rings (SSSR count). The minimum atomic E-state index is -0.415. The second-order valence-electron chi connectivity index (χ2n) is 5.42. The summed E-state index contributed by atoms with van der Waals surface area (Å²) in [6.45, 7) is 3.82. The molecule has 0 unspecified atom stereocenters. The number of pyridine rings is 1. The van der Waals surface area contributed by atoms with Crippen LogP contribution < -0.4 is 0 Å². The quantitative estimate of drug-likeness (QED) is 0.687. The molecule has 0 saturated heterocycles. The van der Waals surface area contributed by atoms with E-state index < -0.39 is 5.82 Å². The molecule has 0 aliphatic carbocycles. The highest BCUT2D eigenvalue weighted by atomic mass is 35.5. The van der Waals surface area contributed by atoms with Crippen LogP contribution in [0, 0.1) is 11.7 Å². The first-order chi connectivity index (χ1) is 10.5. The maximum absolute atomic E-state index is 14.0. The van der Waals surface area contributed by atoms with Crippen LogP contribution in [0.1, 0.15) is 13.8 Å². The normalized spacial score (nSPS) is 11.5. The van der Waals surface area contributed by atoms with Crippen molar-refractivity contribution in [3.63, 3.8) is 0 Å². The fourth-order valence-electron chi connectivity index (χ4n) is 2.21. The second kappa shape index (κ2) is 5.82. The number of halogens is 2. The molecule has 0 saturated carbocycles. The van der Waals surface area contributed by atoms with Crippen LogP contribution in [-0.2, 0) is 11.3 Å². The summed E-state index contributed by atoms with van der Waals surface area (Å²) >= 11 is 7.39. The molecule has 0 aliphatic heterocycles. The Morgan fingerprint density at radius 3 is 2.86 bits per heavy atom. The topological polar surface area (TPSA) is 34.9 Å². The van der Waals surface area contributed by atoms with Crippen molar-refractivity contribution in [2.45, 2.75) is 20.4 Å². The van der Waals surface area contributed by atoms with Gasteiger partial charge in [0.2, 0.25) is 0 Å². The number of nitrogens with zero attached hydrogens (tertiary/aromatic N) is 2. The van der Waals surface area contributed by atoms with Crippen LogP contribution in [0.4, 0.5) is 4.39 Å². The van der Waals surface area contributed by atoms with Crippen molar-refractivity contribution in [2.24, 2.45) is 5.92 Å². The van der Waals surface area contributed by atoms with E-state index in [4.69, 9.17) is 11.6 Å². The molecule has 0 radical (unpaired) electrons. The molecule has 0 bridgehead atoms. The van der Waals surface area contributed by atoms with Crippen LogP contribution in [0.2, 0.25) is 4.34 Å². The van der Waals surface area contributed by atoms with Crippen molar-refractivity contribution in [3.05, 3.63) is 40.7 Å². The van der Waals surface area contributed by atoms with Crippen LogP contribution in [0.3, 0.4) is 0 Å². The first-order valence-electron chi connectivity index (χ1n) is 6.88. The zero-order valence-corrected chi connectivity index (χ0v) is 13.7. The van der Waals surface area contributed by atoms with Gasteiger partial charge in [-0.25, -0.2) is 4.39 Å². The lowest BCUT2D eigenvalue weighted by atomic mass is 10.1. The number of hydrogen-bond acceptors (Lipinski definition) is 3. The smallest absolute Gasteiger partial charge is 0.167 e. The molecule has 0 aliphatic rings. The first kappa shape index (κ1) is 15.2. The summed E-state index contributed by atoms with van der Waals surface area (Å²) in [5.41, 5.74) is 1.76. The number of carbonyl (C=O) groups excluding carboxylic acids is 1. The molecular weight excluding hydrogens is 323 g/mol. The summed E-state index contributed by atoms with van der Waals surface area (Å²) in [5.74, 6) is -0.448. The molecule has 3 aromatic rings. The Labute approximate surface area is 136 Å². The Morgan fingerprint density at radius 2 is 2.23 bits per heavy atom. The minimum absolute atomic E-state index is 0.0569. The summed E-state index contributed by atoms with van der Waals surface area (Å²) in [4.78, 5) is 17.1. The van der Waals surface area contributed by atoms with E-state index in [1.54, 1.807) is 10.8 Å². The standard InChI is InChI=1S/C16H14ClFN2OS/c1-9(2)13(21)8-20-7-11(18)16-12(20)5-10(6-19-16)14-3-4-15(17)22-14/h3-7,9H,8H2,1-2H3. The Balaban J connectivity index is 2.08. The van der Waals surface area contributed by atoms with Crippen LogP contribution in [0.25, 0.3) is 21.5 Å². The van der Waals surface area contributed by atoms with Crippen LogP contribution >= 0.6 is 22.9 Å². The van der Waals surface area contributed by atoms with Crippen molar-refractivity contribution >= 4 is 39.8 Å². The third-order valence-electron chi connectivity index (χ3n) is 3.50. The fraction of sp³-hybridized carbons (Fsp3) is 0.250. The lowest BCUT2D eigenvalue weighted by Gasteiger charge is -2.07. The highest BCUT2D eigenvalue weighted by molar-refractivity contribution is 7.19. The molecule has 3 nitrogen and oxygen atoms in total. The summed E-state index contributed by atoms with van der Waals surface area (Å²) in [6.07, 6.45) is 2.96. The second-order valence-corrected chi connectivity index (χ2v) is 7.14. The molecule has 0 atom stereocenters. The third-order valence-corrected chi connectivity index (χ3v) is 4.78. The summed E-state index contributed by atoms with van der Waals surface area (Å²) in [7, 11) is 0. The van der Waals surface area contributed by atoms with Gasteiger partial charge in [0.05, 0.1) is 16.4 Å². The molecule has 6 heteroatoms. The zero-order valence-electron chi connectivity index (χ0n) is 12.1. The van der Waals surface area contributed by atoms with E-state index >= 15 is 0 Å². The number of rotatable bonds is 4. The number of ketones is 1. The Morgan fingerprint density at radius 1 is 1.45 bits per heavy atom. The predicted octanol–water partition coefficient (Wildman–Crippen LogP) is 4.78. The molecule has 0 N–H and O–H groups in total. The molecule has 0 spiro atoms. The largest absolute Gasteiger partial charge is 0.336 e. The van der Waals surface area contributed by atoms with Gasteiger partial charge >= 0.3 is 0 Å². The monoisotopic (exact) mass is 336 g/mol. The predicted molar refractivity (Wildman–Crippen MR) is 87.9 cm³/mol. The van der Waals surface area contributed by atoms with Crippen molar-refractivity contribution in [3.8, 4) is 10.4 Å². The summed E-state index contributed by atoms with van der Waals surface area (Å²) < 4.78 is 16.3. The van der Waals surface area contributed by atoms with Crippen LogP contribution in [0.5, 0.6) is 0 Å². The summed E-state index contributed by atoms with van der Waals surface area (Å²) in [6, 6.07) is 5.56. The molecule has 0 fully saturated rings. The van der Waals surface area contributed by atoms with Crippen LogP contribution in [-0.4, -0.2) is 15.3 Å². The highest BCUT2D eigenvalue weighted by Crippen LogP contribution is 2.32. The van der Waals surface area contributed by atoms with Gasteiger partial charge < -0.3 is 4.57 Å². The van der Waals surface area contributed by atoms with Gasteiger partial charge in [-0.3, -0.25) is 9.78 Å². The van der Waals surface area contributed by atoms with E-state index in [1.165, 1.54) is 17.5 Å². The average molecular weight is 337 g/mol. The first-order valence-corrected chi connectivity index (χ1v) is 8.08. The van der Waals surface area contributed by atoms with Crippen molar-refractivity contribution in [1.29, 1.82) is 0 Å². The number of hydrogen-bond donors (Lipinski definition) is 0. The highest BCUT2D eigenvalue weighted by Gasteiger charge is 2.15. The van der Waals surface area contributed by atoms with Crippen molar-refractivity contribution < 1.29 is 9.18 Å². The van der Waals surface area contributed by atoms with Gasteiger partial charge in [-0.1, -0.05) is 25.4 Å². The number of thiophene rings is 1. The number of fused-ring (bicyclic) bond motifs is 1. The van der Waals surface area contributed by atoms with Crippen LogP contribution in [0.15, 0.2) is 30.6 Å². The Bertz CT molecular complexity index is 853. The SMILES string of the molecule is CC(C)C(=O)Cn1cc(F)c2ncc(-c3ccc(Cl)s3)cc21. The van der Waals surface area contributed by atoms with Crippen molar-refractivity contribution in [2.75, 3.05) is 0 Å². The minimum Gasteiger partial charge on any atom is -0.336 e. The third kappa shape index (κ3) is 2.78. The molecule has 22 heavy (non-hydrogen) atoms. The lowest BCUT2D eigenvalue weighted by molar-refractivity contribution is -0.122. The van der Waals surface area contributed by atoms with Gasteiger partial charge in [0.15, 0.2) is 11.6 Å². The van der Waals surface area contributed by atoms with E-state index in [2.05, 4.69) is 4.98 Å². The molecule has 0 amide bonds. The maximum Gasteiger partial charge on any atom is 0.167 e. The Hall–Kier alpha value is -1.72. The average Bonchev–Trinajstić information content (AvgIpc) is 3.03. The molecular formula is C16H14ClFN2OS. The van der Waals surface area contributed by atoms with Gasteiger partial charge in [0, 0.05) is 28.8 Å². The number of Topliss-reactive ketones (excluding diaryl/α,β-unsaturated/α-hetero) is 1. The fourth-order valence-corrected chi connectivity index (χ4v) is 3.23. The summed E-state index contributed by atoms with van der Waals surface area (Å²) in [5, 5.41) is 0. The Kier molecular flexibility index (Phi) is 4.02. The van der Waals surface area contributed by atoms with Gasteiger partial charge in [-0.05, 0) is 18.2 Å². The van der Waals surface area contributed by atoms with E-state index in [1.807, 2.05) is 32.0 Å². The number of aromatic nitrogens is 2. The zero-order chi connectivity index (χ0) is 15.9. The van der Waals surface area contributed by atoms with Gasteiger partial charge in [0.25, 0.3) is 0 Å².